The molecule has 2 N–H and O–H groups in total. The molecule has 1 aromatic rings. The zero-order valence-electron chi connectivity index (χ0n) is 14.6. The molecule has 1 amide bonds. The SMILES string of the molecule is CCc1cc(Cl)c(C)c(C(O)CNC(=O)OC(C)(C)C)c1OC. The van der Waals surface area contributed by atoms with Crippen LogP contribution in [0.4, 0.5) is 4.79 Å². The van der Waals surface area contributed by atoms with Crippen molar-refractivity contribution in [1.29, 1.82) is 0 Å². The molecule has 0 radical (unpaired) electrons. The highest BCUT2D eigenvalue weighted by Gasteiger charge is 2.23. The summed E-state index contributed by atoms with van der Waals surface area (Å²) in [4.78, 5) is 11.7. The molecule has 130 valence electrons. The Kier molecular flexibility index (Phi) is 6.71. The highest BCUT2D eigenvalue weighted by molar-refractivity contribution is 6.31. The molecular weight excluding hydrogens is 318 g/mol. The molecule has 0 aromatic heterocycles. The average molecular weight is 344 g/mol. The third kappa shape index (κ3) is 5.29. The first-order valence-corrected chi connectivity index (χ1v) is 7.99. The fourth-order valence-electron chi connectivity index (χ4n) is 2.30. The Morgan fingerprint density at radius 3 is 2.52 bits per heavy atom. The van der Waals surface area contributed by atoms with Crippen LogP contribution in [0.2, 0.25) is 5.02 Å². The highest BCUT2D eigenvalue weighted by atomic mass is 35.5. The van der Waals surface area contributed by atoms with Gasteiger partial charge in [0.25, 0.3) is 0 Å². The summed E-state index contributed by atoms with van der Waals surface area (Å²) in [5, 5.41) is 13.6. The van der Waals surface area contributed by atoms with Crippen LogP contribution in [0.1, 0.15) is 50.5 Å². The summed E-state index contributed by atoms with van der Waals surface area (Å²) in [6.07, 6.45) is -0.796. The van der Waals surface area contributed by atoms with Crippen molar-refractivity contribution in [2.24, 2.45) is 0 Å². The molecule has 0 aliphatic carbocycles. The molecule has 1 rings (SSSR count). The lowest BCUT2D eigenvalue weighted by Crippen LogP contribution is -2.35. The molecule has 6 heteroatoms. The van der Waals surface area contributed by atoms with Gasteiger partial charge in [-0.05, 0) is 51.3 Å². The first kappa shape index (κ1) is 19.6. The molecule has 0 heterocycles. The second-order valence-electron chi connectivity index (χ2n) is 6.34. The van der Waals surface area contributed by atoms with E-state index < -0.39 is 17.8 Å². The Morgan fingerprint density at radius 2 is 2.04 bits per heavy atom. The maximum absolute atomic E-state index is 11.7. The molecule has 1 unspecified atom stereocenters. The van der Waals surface area contributed by atoms with Crippen LogP contribution in [0.3, 0.4) is 0 Å². The molecule has 0 aliphatic rings. The van der Waals surface area contributed by atoms with Crippen molar-refractivity contribution in [1.82, 2.24) is 5.32 Å². The fourth-order valence-corrected chi connectivity index (χ4v) is 2.53. The van der Waals surface area contributed by atoms with E-state index in [4.69, 9.17) is 21.1 Å². The average Bonchev–Trinajstić information content (AvgIpc) is 2.45. The molecule has 0 saturated carbocycles. The summed E-state index contributed by atoms with van der Waals surface area (Å²) in [7, 11) is 1.55. The maximum atomic E-state index is 11.7. The first-order valence-electron chi connectivity index (χ1n) is 7.61. The number of aliphatic hydroxyl groups excluding tert-OH is 1. The summed E-state index contributed by atoms with van der Waals surface area (Å²) >= 11 is 6.24. The standard InChI is InChI=1S/C17H26ClNO4/c1-7-11-8-12(18)10(2)14(15(11)22-6)13(20)9-19-16(21)23-17(3,4)5/h8,13,20H,7,9H2,1-6H3,(H,19,21). The second kappa shape index (κ2) is 7.88. The van der Waals surface area contributed by atoms with Crippen molar-refractivity contribution in [3.63, 3.8) is 0 Å². The van der Waals surface area contributed by atoms with Crippen LogP contribution in [0.25, 0.3) is 0 Å². The smallest absolute Gasteiger partial charge is 0.407 e. The third-order valence-corrected chi connectivity index (χ3v) is 3.75. The topological polar surface area (TPSA) is 67.8 Å². The van der Waals surface area contributed by atoms with E-state index in [2.05, 4.69) is 5.32 Å². The van der Waals surface area contributed by atoms with Crippen molar-refractivity contribution < 1.29 is 19.4 Å². The van der Waals surface area contributed by atoms with E-state index in [1.54, 1.807) is 27.9 Å². The van der Waals surface area contributed by atoms with Gasteiger partial charge in [-0.1, -0.05) is 18.5 Å². The monoisotopic (exact) mass is 343 g/mol. The van der Waals surface area contributed by atoms with Gasteiger partial charge in [0, 0.05) is 10.6 Å². The van der Waals surface area contributed by atoms with Crippen molar-refractivity contribution >= 4 is 17.7 Å². The van der Waals surface area contributed by atoms with Gasteiger partial charge in [0.15, 0.2) is 0 Å². The Labute approximate surface area is 142 Å². The first-order chi connectivity index (χ1) is 10.6. The Hall–Kier alpha value is -1.46. The minimum absolute atomic E-state index is 0.00953. The van der Waals surface area contributed by atoms with Crippen molar-refractivity contribution in [2.45, 2.75) is 52.7 Å². The van der Waals surface area contributed by atoms with Gasteiger partial charge in [-0.2, -0.15) is 0 Å². The van der Waals surface area contributed by atoms with Crippen LogP contribution in [-0.4, -0.2) is 30.5 Å². The predicted molar refractivity (Wildman–Crippen MR) is 91.3 cm³/mol. The number of nitrogens with one attached hydrogen (secondary N) is 1. The molecule has 1 atom stereocenters. The third-order valence-electron chi connectivity index (χ3n) is 3.36. The number of hydrogen-bond acceptors (Lipinski definition) is 4. The summed E-state index contributed by atoms with van der Waals surface area (Å²) in [6, 6.07) is 1.84. The Morgan fingerprint density at radius 1 is 1.43 bits per heavy atom. The van der Waals surface area contributed by atoms with Gasteiger partial charge in [0.05, 0.1) is 13.7 Å². The molecule has 0 bridgehead atoms. The summed E-state index contributed by atoms with van der Waals surface area (Å²) in [6.45, 7) is 9.15. The van der Waals surface area contributed by atoms with E-state index in [1.165, 1.54) is 0 Å². The number of carbonyl (C=O) groups is 1. The van der Waals surface area contributed by atoms with E-state index >= 15 is 0 Å². The van der Waals surface area contributed by atoms with E-state index in [0.29, 0.717) is 16.3 Å². The van der Waals surface area contributed by atoms with E-state index in [1.807, 2.05) is 19.9 Å². The molecule has 23 heavy (non-hydrogen) atoms. The number of benzene rings is 1. The van der Waals surface area contributed by atoms with Gasteiger partial charge >= 0.3 is 6.09 Å². The minimum Gasteiger partial charge on any atom is -0.496 e. The maximum Gasteiger partial charge on any atom is 0.407 e. The zero-order valence-corrected chi connectivity index (χ0v) is 15.4. The second-order valence-corrected chi connectivity index (χ2v) is 6.75. The van der Waals surface area contributed by atoms with Crippen LogP contribution in [0, 0.1) is 6.92 Å². The van der Waals surface area contributed by atoms with E-state index in [9.17, 15) is 9.90 Å². The van der Waals surface area contributed by atoms with Gasteiger partial charge in [0.1, 0.15) is 17.5 Å². The van der Waals surface area contributed by atoms with Gasteiger partial charge in [0.2, 0.25) is 0 Å². The largest absolute Gasteiger partial charge is 0.496 e. The number of carbonyl (C=O) groups excluding carboxylic acids is 1. The number of hydrogen-bond donors (Lipinski definition) is 2. The van der Waals surface area contributed by atoms with Crippen molar-refractivity contribution in [3.8, 4) is 5.75 Å². The van der Waals surface area contributed by atoms with Gasteiger partial charge < -0.3 is 19.9 Å². The highest BCUT2D eigenvalue weighted by Crippen LogP contribution is 2.36. The Balaban J connectivity index is 2.97. The number of halogens is 1. The quantitative estimate of drug-likeness (QED) is 0.853. The number of ether oxygens (including phenoxy) is 2. The van der Waals surface area contributed by atoms with E-state index in [-0.39, 0.29) is 6.54 Å². The molecule has 0 spiro atoms. The zero-order chi connectivity index (χ0) is 17.8. The fraction of sp³-hybridized carbons (Fsp3) is 0.588. The lowest BCUT2D eigenvalue weighted by atomic mass is 9.97. The van der Waals surface area contributed by atoms with E-state index in [0.717, 1.165) is 17.5 Å². The van der Waals surface area contributed by atoms with Crippen LogP contribution in [0.15, 0.2) is 6.07 Å². The molecule has 0 saturated heterocycles. The molecule has 1 aromatic carbocycles. The summed E-state index contributed by atoms with van der Waals surface area (Å²) < 4.78 is 10.6. The Bertz CT molecular complexity index is 567. The number of methoxy groups -OCH3 is 1. The summed E-state index contributed by atoms with van der Waals surface area (Å²) in [5.41, 5.74) is 1.65. The number of amides is 1. The van der Waals surface area contributed by atoms with Gasteiger partial charge in [-0.25, -0.2) is 4.79 Å². The lowest BCUT2D eigenvalue weighted by molar-refractivity contribution is 0.0490. The predicted octanol–water partition coefficient (Wildman–Crippen LogP) is 3.78. The van der Waals surface area contributed by atoms with Crippen molar-refractivity contribution in [2.75, 3.05) is 13.7 Å². The molecule has 0 fully saturated rings. The number of rotatable bonds is 5. The van der Waals surface area contributed by atoms with Crippen LogP contribution >= 0.6 is 11.6 Å². The minimum atomic E-state index is -0.943. The lowest BCUT2D eigenvalue weighted by Gasteiger charge is -2.23. The van der Waals surface area contributed by atoms with Gasteiger partial charge in [-0.15, -0.1) is 0 Å². The molecule has 5 nitrogen and oxygen atoms in total. The number of aryl methyl sites for hydroxylation is 1. The molecular formula is C17H26ClNO4. The number of alkyl carbamates (subject to hydrolysis) is 1. The van der Waals surface area contributed by atoms with Crippen LogP contribution in [-0.2, 0) is 11.2 Å². The number of aliphatic hydroxyl groups is 1. The normalized spacial score (nSPS) is 12.7. The molecule has 0 aliphatic heterocycles. The van der Waals surface area contributed by atoms with Crippen LogP contribution in [0.5, 0.6) is 5.75 Å². The van der Waals surface area contributed by atoms with Crippen LogP contribution < -0.4 is 10.1 Å². The van der Waals surface area contributed by atoms with Gasteiger partial charge in [-0.3, -0.25) is 0 Å². The summed E-state index contributed by atoms with van der Waals surface area (Å²) in [5.74, 6) is 0.605. The van der Waals surface area contributed by atoms with Crippen molar-refractivity contribution in [3.05, 3.63) is 27.8 Å².